The van der Waals surface area contributed by atoms with Crippen molar-refractivity contribution in [3.05, 3.63) is 24.2 Å². The smallest absolute Gasteiger partial charge is 0.115 e. The third-order valence-electron chi connectivity index (χ3n) is 1.99. The van der Waals surface area contributed by atoms with E-state index in [0.717, 1.165) is 23.0 Å². The molecular weight excluding hydrogens is 176 g/mol. The van der Waals surface area contributed by atoms with Gasteiger partial charge < -0.3 is 0 Å². The van der Waals surface area contributed by atoms with E-state index in [1.54, 1.807) is 12.4 Å². The Kier molecular flexibility index (Phi) is 2.35. The van der Waals surface area contributed by atoms with Gasteiger partial charge in [-0.2, -0.15) is 0 Å². The van der Waals surface area contributed by atoms with Crippen molar-refractivity contribution in [3.8, 4) is 0 Å². The van der Waals surface area contributed by atoms with Gasteiger partial charge in [0.25, 0.3) is 0 Å². The molecule has 0 aliphatic heterocycles. The highest BCUT2D eigenvalue weighted by molar-refractivity contribution is 5.76. The summed E-state index contributed by atoms with van der Waals surface area (Å²) in [6, 6.07) is 2.02. The first kappa shape index (κ1) is 8.99. The van der Waals surface area contributed by atoms with Crippen molar-refractivity contribution in [2.24, 2.45) is 5.92 Å². The summed E-state index contributed by atoms with van der Waals surface area (Å²) in [5.41, 5.74) is 1.88. The maximum Gasteiger partial charge on any atom is 0.115 e. The van der Waals surface area contributed by atoms with Crippen LogP contribution in [0.3, 0.4) is 0 Å². The van der Waals surface area contributed by atoms with Crippen molar-refractivity contribution in [3.63, 3.8) is 0 Å². The molecule has 0 unspecified atom stereocenters. The van der Waals surface area contributed by atoms with Crippen LogP contribution in [0.25, 0.3) is 10.9 Å². The fraction of sp³-hybridized carbons (Fsp3) is 0.400. The van der Waals surface area contributed by atoms with Gasteiger partial charge in [-0.25, -0.2) is 0 Å². The summed E-state index contributed by atoms with van der Waals surface area (Å²) in [6.45, 7) is 4.35. The van der Waals surface area contributed by atoms with Gasteiger partial charge in [0.15, 0.2) is 0 Å². The number of aromatic nitrogens is 4. The Labute approximate surface area is 82.4 Å². The summed E-state index contributed by atoms with van der Waals surface area (Å²) in [6.07, 6.45) is 4.45. The lowest BCUT2D eigenvalue weighted by atomic mass is 10.1. The van der Waals surface area contributed by atoms with Gasteiger partial charge in [0.2, 0.25) is 0 Å². The van der Waals surface area contributed by atoms with Gasteiger partial charge in [0.1, 0.15) is 5.52 Å². The predicted molar refractivity (Wildman–Crippen MR) is 53.7 cm³/mol. The highest BCUT2D eigenvalue weighted by atomic mass is 15.3. The molecule has 0 radical (unpaired) electrons. The van der Waals surface area contributed by atoms with Gasteiger partial charge in [-0.05, 0) is 23.6 Å². The van der Waals surface area contributed by atoms with Crippen LogP contribution in [0.2, 0.25) is 0 Å². The maximum absolute atomic E-state index is 4.32. The zero-order chi connectivity index (χ0) is 9.97. The lowest BCUT2D eigenvalue weighted by molar-refractivity contribution is 0.636. The zero-order valence-corrected chi connectivity index (χ0v) is 8.31. The molecule has 0 N–H and O–H groups in total. The molecule has 0 saturated heterocycles. The highest BCUT2D eigenvalue weighted by Crippen LogP contribution is 2.11. The molecule has 4 nitrogen and oxygen atoms in total. The summed E-state index contributed by atoms with van der Waals surface area (Å²) in [4.78, 5) is 4.32. The van der Waals surface area contributed by atoms with E-state index in [9.17, 15) is 0 Å². The van der Waals surface area contributed by atoms with Crippen molar-refractivity contribution >= 4 is 10.9 Å². The van der Waals surface area contributed by atoms with E-state index in [2.05, 4.69) is 34.2 Å². The minimum atomic E-state index is 0.614. The molecule has 0 spiro atoms. The molecule has 2 rings (SSSR count). The van der Waals surface area contributed by atoms with Crippen LogP contribution in [0.1, 0.15) is 19.5 Å². The Morgan fingerprint density at radius 1 is 1.29 bits per heavy atom. The van der Waals surface area contributed by atoms with Crippen molar-refractivity contribution in [2.75, 3.05) is 0 Å². The molecule has 2 aromatic heterocycles. The molecule has 0 bridgehead atoms. The van der Waals surface area contributed by atoms with Crippen LogP contribution in [0.4, 0.5) is 0 Å². The number of nitrogens with zero attached hydrogens (tertiary/aromatic N) is 4. The van der Waals surface area contributed by atoms with Crippen molar-refractivity contribution < 1.29 is 0 Å². The second kappa shape index (κ2) is 3.65. The van der Waals surface area contributed by atoms with Gasteiger partial charge in [0, 0.05) is 11.1 Å². The first-order valence-electron chi connectivity index (χ1n) is 4.68. The highest BCUT2D eigenvalue weighted by Gasteiger charge is 2.01. The molecular formula is C10H12N4. The topological polar surface area (TPSA) is 51.6 Å². The third kappa shape index (κ3) is 1.84. The summed E-state index contributed by atoms with van der Waals surface area (Å²) in [5, 5.41) is 12.2. The second-order valence-electron chi connectivity index (χ2n) is 3.77. The van der Waals surface area contributed by atoms with Gasteiger partial charge in [0.05, 0.1) is 12.4 Å². The molecule has 0 aromatic carbocycles. The van der Waals surface area contributed by atoms with Crippen LogP contribution in [-0.2, 0) is 6.42 Å². The molecule has 0 aliphatic rings. The average molecular weight is 188 g/mol. The molecule has 0 atom stereocenters. The molecule has 14 heavy (non-hydrogen) atoms. The Balaban J connectivity index is 2.41. The van der Waals surface area contributed by atoms with Gasteiger partial charge >= 0.3 is 0 Å². The molecule has 2 heterocycles. The Morgan fingerprint density at radius 3 is 2.93 bits per heavy atom. The monoisotopic (exact) mass is 188 g/mol. The lowest BCUT2D eigenvalue weighted by Crippen LogP contribution is -1.98. The van der Waals surface area contributed by atoms with Crippen LogP contribution in [0, 0.1) is 5.92 Å². The standard InChI is InChI=1S/C10H12N4/c1-7(2)3-9-4-8-5-12-14-13-10(8)6-11-9/h4-7H,3H2,1-2H3. The summed E-state index contributed by atoms with van der Waals surface area (Å²) < 4.78 is 0. The number of pyridine rings is 1. The minimum absolute atomic E-state index is 0.614. The largest absolute Gasteiger partial charge is 0.259 e. The molecule has 0 saturated carbocycles. The van der Waals surface area contributed by atoms with E-state index in [1.165, 1.54) is 0 Å². The molecule has 0 aliphatic carbocycles. The fourth-order valence-corrected chi connectivity index (χ4v) is 1.39. The average Bonchev–Trinajstić information content (AvgIpc) is 2.17. The number of rotatable bonds is 2. The van der Waals surface area contributed by atoms with E-state index in [4.69, 9.17) is 0 Å². The molecule has 72 valence electrons. The summed E-state index contributed by atoms with van der Waals surface area (Å²) >= 11 is 0. The van der Waals surface area contributed by atoms with Crippen molar-refractivity contribution in [1.82, 2.24) is 20.4 Å². The zero-order valence-electron chi connectivity index (χ0n) is 8.31. The Morgan fingerprint density at radius 2 is 2.14 bits per heavy atom. The number of hydrogen-bond donors (Lipinski definition) is 0. The van der Waals surface area contributed by atoms with Gasteiger partial charge in [-0.1, -0.05) is 13.8 Å². The molecule has 0 fully saturated rings. The van der Waals surface area contributed by atoms with Crippen molar-refractivity contribution in [2.45, 2.75) is 20.3 Å². The van der Waals surface area contributed by atoms with Crippen molar-refractivity contribution in [1.29, 1.82) is 0 Å². The van der Waals surface area contributed by atoms with Crippen LogP contribution in [-0.4, -0.2) is 20.4 Å². The fourth-order valence-electron chi connectivity index (χ4n) is 1.39. The van der Waals surface area contributed by atoms with Gasteiger partial charge in [-0.3, -0.25) is 4.98 Å². The van der Waals surface area contributed by atoms with E-state index in [-0.39, 0.29) is 0 Å². The number of fused-ring (bicyclic) bond motifs is 1. The Hall–Kier alpha value is -1.58. The third-order valence-corrected chi connectivity index (χ3v) is 1.99. The SMILES string of the molecule is CC(C)Cc1cc2cnnnc2cn1. The van der Waals surface area contributed by atoms with Crippen LogP contribution >= 0.6 is 0 Å². The van der Waals surface area contributed by atoms with E-state index in [0.29, 0.717) is 5.92 Å². The maximum atomic E-state index is 4.32. The quantitative estimate of drug-likeness (QED) is 0.718. The van der Waals surface area contributed by atoms with E-state index < -0.39 is 0 Å². The Bertz CT molecular complexity index is 439. The molecule has 4 heteroatoms. The van der Waals surface area contributed by atoms with Crippen LogP contribution in [0.15, 0.2) is 18.5 Å². The van der Waals surface area contributed by atoms with Gasteiger partial charge in [-0.15, -0.1) is 10.2 Å². The summed E-state index contributed by atoms with van der Waals surface area (Å²) in [7, 11) is 0. The minimum Gasteiger partial charge on any atom is -0.259 e. The lowest BCUT2D eigenvalue weighted by Gasteiger charge is -2.03. The first-order valence-corrected chi connectivity index (χ1v) is 4.68. The number of hydrogen-bond acceptors (Lipinski definition) is 4. The van der Waals surface area contributed by atoms with Crippen LogP contribution < -0.4 is 0 Å². The van der Waals surface area contributed by atoms with Crippen LogP contribution in [0.5, 0.6) is 0 Å². The normalized spacial score (nSPS) is 11.1. The van der Waals surface area contributed by atoms with E-state index >= 15 is 0 Å². The summed E-state index contributed by atoms with van der Waals surface area (Å²) in [5.74, 6) is 0.614. The second-order valence-corrected chi connectivity index (χ2v) is 3.77. The predicted octanol–water partition coefficient (Wildman–Crippen LogP) is 1.62. The van der Waals surface area contributed by atoms with E-state index in [1.807, 2.05) is 6.07 Å². The molecule has 0 amide bonds. The first-order chi connectivity index (χ1) is 6.75. The molecule has 2 aromatic rings.